The zero-order valence-electron chi connectivity index (χ0n) is 61.1. The Hall–Kier alpha value is -5.09. The third kappa shape index (κ3) is 73.9. The molecule has 0 saturated carbocycles. The molecule has 0 aliphatic heterocycles. The van der Waals surface area contributed by atoms with E-state index >= 15 is 0 Å². The molecular formula is C81H132O16P2. The number of aliphatic hydroxyl groups excluding tert-OH is 2. The molecule has 562 valence electrons. The van der Waals surface area contributed by atoms with Crippen LogP contribution in [-0.4, -0.2) is 95.9 Å². The second-order valence-electron chi connectivity index (χ2n) is 24.3. The summed E-state index contributed by atoms with van der Waals surface area (Å²) in [5.74, 6) is -1.65. The minimum absolute atomic E-state index is 0.0650. The van der Waals surface area contributed by atoms with Crippen LogP contribution < -0.4 is 0 Å². The summed E-state index contributed by atoms with van der Waals surface area (Å²) in [7, 11) is -9.81. The van der Waals surface area contributed by atoms with Crippen LogP contribution in [0.2, 0.25) is 0 Å². The SMILES string of the molecule is CC/C=C\C/C=C\C/C=C\C/C=C\C/C=C\C/C=C\CCCCCCCCCCCCC(=O)OCC(O)COP(=O)(O)OCC(O)COP(=O)(O)OCC(COC(=O)CCCCCC/C=C\C/C=C\C/C=C\C/C=C\CC)OC(=O)CCCCCC/C=C\C/C=C\C/C=C\C/C=C\CC. The molecule has 0 amide bonds. The molecule has 0 heterocycles. The number of ether oxygens (including phenoxy) is 3. The first-order valence-corrected chi connectivity index (χ1v) is 40.4. The van der Waals surface area contributed by atoms with Gasteiger partial charge in [0, 0.05) is 19.3 Å². The Morgan fingerprint density at radius 2 is 0.505 bits per heavy atom. The minimum Gasteiger partial charge on any atom is -0.463 e. The summed E-state index contributed by atoms with van der Waals surface area (Å²) in [6, 6.07) is 0. The van der Waals surface area contributed by atoms with Gasteiger partial charge in [0.15, 0.2) is 6.10 Å². The van der Waals surface area contributed by atoms with Gasteiger partial charge in [0.2, 0.25) is 0 Å². The van der Waals surface area contributed by atoms with Crippen LogP contribution in [-0.2, 0) is 55.8 Å². The van der Waals surface area contributed by atoms with Gasteiger partial charge < -0.3 is 34.2 Å². The van der Waals surface area contributed by atoms with E-state index in [2.05, 4.69) is 191 Å². The molecule has 0 radical (unpaired) electrons. The van der Waals surface area contributed by atoms with Gasteiger partial charge in [-0.05, 0) is 148 Å². The lowest BCUT2D eigenvalue weighted by Gasteiger charge is -2.21. The number of unbranched alkanes of at least 4 members (excludes halogenated alkanes) is 18. The fraction of sp³-hybridized carbons (Fsp3) is 0.617. The summed E-state index contributed by atoms with van der Waals surface area (Å²) in [6.45, 7) is 2.25. The molecule has 0 spiro atoms. The summed E-state index contributed by atoms with van der Waals surface area (Å²) < 4.78 is 61.0. The molecule has 0 saturated heterocycles. The smallest absolute Gasteiger partial charge is 0.463 e. The lowest BCUT2D eigenvalue weighted by Crippen LogP contribution is -2.30. The molecule has 5 unspecified atom stereocenters. The fourth-order valence-corrected chi connectivity index (χ4v) is 10.9. The first-order valence-electron chi connectivity index (χ1n) is 37.4. The third-order valence-electron chi connectivity index (χ3n) is 14.9. The molecule has 5 atom stereocenters. The predicted molar refractivity (Wildman–Crippen MR) is 408 cm³/mol. The number of rotatable bonds is 69. The van der Waals surface area contributed by atoms with Crippen LogP contribution in [0.3, 0.4) is 0 Å². The highest BCUT2D eigenvalue weighted by Crippen LogP contribution is 2.45. The van der Waals surface area contributed by atoms with Gasteiger partial charge in [-0.3, -0.25) is 32.5 Å². The number of hydrogen-bond donors (Lipinski definition) is 4. The minimum atomic E-state index is -4.95. The largest absolute Gasteiger partial charge is 0.472 e. The lowest BCUT2D eigenvalue weighted by molar-refractivity contribution is -0.161. The topological polar surface area (TPSA) is 231 Å². The maximum absolute atomic E-state index is 12.9. The molecule has 0 aliphatic carbocycles. The number of esters is 3. The number of phosphoric ester groups is 2. The van der Waals surface area contributed by atoms with Crippen molar-refractivity contribution in [2.45, 2.75) is 283 Å². The quantitative estimate of drug-likeness (QED) is 0.0146. The van der Waals surface area contributed by atoms with E-state index in [1.165, 1.54) is 32.1 Å². The van der Waals surface area contributed by atoms with E-state index in [1.54, 1.807) is 0 Å². The van der Waals surface area contributed by atoms with Crippen molar-refractivity contribution in [2.24, 2.45) is 0 Å². The molecular weight excluding hydrogens is 1290 g/mol. The van der Waals surface area contributed by atoms with Crippen molar-refractivity contribution in [1.29, 1.82) is 0 Å². The molecule has 0 aromatic heterocycles. The van der Waals surface area contributed by atoms with Crippen LogP contribution in [0.4, 0.5) is 0 Å². The Kier molecular flexibility index (Phi) is 69.0. The Balaban J connectivity index is 4.60. The molecule has 0 rings (SSSR count). The number of carbonyl (C=O) groups is 3. The highest BCUT2D eigenvalue weighted by atomic mass is 31.2. The van der Waals surface area contributed by atoms with Crippen LogP contribution in [0.25, 0.3) is 0 Å². The van der Waals surface area contributed by atoms with Gasteiger partial charge >= 0.3 is 33.6 Å². The Morgan fingerprint density at radius 1 is 0.283 bits per heavy atom. The van der Waals surface area contributed by atoms with Crippen LogP contribution in [0.5, 0.6) is 0 Å². The Labute approximate surface area is 599 Å². The van der Waals surface area contributed by atoms with Crippen molar-refractivity contribution in [2.75, 3.05) is 39.6 Å². The monoisotopic (exact) mass is 1420 g/mol. The summed E-state index contributed by atoms with van der Waals surface area (Å²) in [5.41, 5.74) is 0. The van der Waals surface area contributed by atoms with Crippen molar-refractivity contribution >= 4 is 33.6 Å². The van der Waals surface area contributed by atoms with Crippen molar-refractivity contribution in [3.05, 3.63) is 170 Å². The number of phosphoric acid groups is 2. The van der Waals surface area contributed by atoms with Crippen molar-refractivity contribution in [3.63, 3.8) is 0 Å². The molecule has 0 aliphatic rings. The number of hydrogen-bond acceptors (Lipinski definition) is 14. The van der Waals surface area contributed by atoms with Crippen LogP contribution in [0.15, 0.2) is 170 Å². The Morgan fingerprint density at radius 3 is 0.798 bits per heavy atom. The lowest BCUT2D eigenvalue weighted by atomic mass is 10.1. The standard InChI is InChI=1S/C81H132O16P2/c1-4-7-10-13-16-19-22-25-28-31-32-33-34-35-36-37-38-39-40-41-42-45-47-49-52-55-58-61-64-67-79(84)91-70-76(82)71-93-98(87,88)94-72-77(83)73-95-99(89,90)96-75-78(97-81(86)69-66-63-60-57-54-51-48-44-30-27-24-21-18-15-12-9-6-3)74-92-80(85)68-65-62-59-56-53-50-46-43-29-26-23-20-17-14-11-8-5-2/h7-12,16-21,25-30,32-33,35-36,38-39,46,48,50-51,76-78,82-83H,4-6,13-15,22-24,31,34,37,40-45,47,49,52-75H2,1-3H3,(H,87,88)(H,89,90)/b10-7-,11-8-,12-9-,19-16-,20-17-,21-18-,28-25-,29-26-,30-27-,33-32-,36-35-,39-38-,50-46-,51-48-. The molecule has 16 nitrogen and oxygen atoms in total. The van der Waals surface area contributed by atoms with E-state index in [1.807, 2.05) is 0 Å². The van der Waals surface area contributed by atoms with Crippen LogP contribution in [0, 0.1) is 0 Å². The summed E-state index contributed by atoms with van der Waals surface area (Å²) in [4.78, 5) is 58.5. The van der Waals surface area contributed by atoms with Crippen molar-refractivity contribution < 1.29 is 75.8 Å². The molecule has 4 N–H and O–H groups in total. The van der Waals surface area contributed by atoms with Crippen LogP contribution >= 0.6 is 15.6 Å². The highest BCUT2D eigenvalue weighted by molar-refractivity contribution is 7.47. The maximum Gasteiger partial charge on any atom is 0.472 e. The van der Waals surface area contributed by atoms with Crippen molar-refractivity contribution in [1.82, 2.24) is 0 Å². The molecule has 0 aromatic carbocycles. The van der Waals surface area contributed by atoms with Gasteiger partial charge in [0.25, 0.3) is 0 Å². The van der Waals surface area contributed by atoms with Gasteiger partial charge in [0.1, 0.15) is 25.4 Å². The van der Waals surface area contributed by atoms with Gasteiger partial charge in [-0.25, -0.2) is 9.13 Å². The summed E-state index contributed by atoms with van der Waals surface area (Å²) >= 11 is 0. The Bertz CT molecular complexity index is 2480. The number of allylic oxidation sites excluding steroid dienone is 28. The van der Waals surface area contributed by atoms with Gasteiger partial charge in [-0.1, -0.05) is 268 Å². The van der Waals surface area contributed by atoms with E-state index in [0.29, 0.717) is 19.3 Å². The first-order chi connectivity index (χ1) is 48.2. The van der Waals surface area contributed by atoms with Gasteiger partial charge in [-0.15, -0.1) is 0 Å². The first kappa shape index (κ1) is 93.9. The fourth-order valence-electron chi connectivity index (χ4n) is 9.32. The third-order valence-corrected chi connectivity index (χ3v) is 16.8. The zero-order chi connectivity index (χ0) is 72.3. The molecule has 0 fully saturated rings. The van der Waals surface area contributed by atoms with Crippen molar-refractivity contribution in [3.8, 4) is 0 Å². The van der Waals surface area contributed by atoms with Gasteiger partial charge in [-0.2, -0.15) is 0 Å². The average molecular weight is 1420 g/mol. The predicted octanol–water partition coefficient (Wildman–Crippen LogP) is 21.6. The zero-order valence-corrected chi connectivity index (χ0v) is 62.9. The molecule has 18 heteroatoms. The maximum atomic E-state index is 12.9. The highest BCUT2D eigenvalue weighted by Gasteiger charge is 2.29. The normalized spacial score (nSPS) is 15.0. The van der Waals surface area contributed by atoms with E-state index in [9.17, 15) is 43.5 Å². The second-order valence-corrected chi connectivity index (χ2v) is 27.2. The average Bonchev–Trinajstić information content (AvgIpc) is 2.18. The van der Waals surface area contributed by atoms with Gasteiger partial charge in [0.05, 0.1) is 26.4 Å². The van der Waals surface area contributed by atoms with E-state index < -0.39 is 91.5 Å². The van der Waals surface area contributed by atoms with E-state index in [-0.39, 0.29) is 19.3 Å². The van der Waals surface area contributed by atoms with E-state index in [4.69, 9.17) is 32.3 Å². The number of aliphatic hydroxyl groups is 2. The number of carbonyl (C=O) groups excluding carboxylic acids is 3. The second kappa shape index (κ2) is 72.7. The molecule has 99 heavy (non-hydrogen) atoms. The van der Waals surface area contributed by atoms with Crippen LogP contribution in [0.1, 0.15) is 265 Å². The molecule has 0 bridgehead atoms. The summed E-state index contributed by atoms with van der Waals surface area (Å²) in [6.07, 6.45) is 91.2. The molecule has 0 aromatic rings. The van der Waals surface area contributed by atoms with E-state index in [0.717, 1.165) is 173 Å². The summed E-state index contributed by atoms with van der Waals surface area (Å²) in [5, 5.41) is 20.6.